The van der Waals surface area contributed by atoms with Crippen molar-refractivity contribution in [1.82, 2.24) is 40.4 Å². The van der Waals surface area contributed by atoms with E-state index in [-0.39, 0.29) is 42.6 Å². The van der Waals surface area contributed by atoms with Crippen molar-refractivity contribution < 1.29 is 28.7 Å². The molecule has 4 amide bonds. The number of methoxy groups -OCH3 is 1. The molecule has 2 atom stereocenters. The lowest BCUT2D eigenvalue weighted by molar-refractivity contribution is -0.137. The predicted octanol–water partition coefficient (Wildman–Crippen LogP) is 7.79. The topological polar surface area (TPSA) is 175 Å². The van der Waals surface area contributed by atoms with Crippen molar-refractivity contribution in [2.24, 2.45) is 11.8 Å². The van der Waals surface area contributed by atoms with Crippen molar-refractivity contribution in [3.63, 3.8) is 0 Å². The van der Waals surface area contributed by atoms with Crippen molar-refractivity contribution in [2.75, 3.05) is 20.2 Å². The van der Waals surface area contributed by atoms with Gasteiger partial charge in [-0.1, -0.05) is 76.2 Å². The number of rotatable bonds is 16. The molecule has 14 heteroatoms. The van der Waals surface area contributed by atoms with Gasteiger partial charge in [0.1, 0.15) is 36.1 Å². The number of nitrogens with zero attached hydrogens (tertiary/aromatic N) is 4. The Hall–Kier alpha value is -6.70. The van der Waals surface area contributed by atoms with Crippen molar-refractivity contribution in [1.29, 1.82) is 0 Å². The maximum absolute atomic E-state index is 14.1. The van der Waals surface area contributed by atoms with E-state index in [1.807, 2.05) is 70.2 Å². The zero-order chi connectivity index (χ0) is 43.5. The summed E-state index contributed by atoms with van der Waals surface area (Å²) in [6, 6.07) is 22.5. The highest BCUT2D eigenvalue weighted by Crippen LogP contribution is 2.42. The molecule has 1 saturated carbocycles. The van der Waals surface area contributed by atoms with E-state index in [4.69, 9.17) is 14.5 Å². The smallest absolute Gasteiger partial charge is 0.407 e. The van der Waals surface area contributed by atoms with E-state index >= 15 is 0 Å². The number of imidazole rings is 2. The first kappa shape index (κ1) is 42.0. The van der Waals surface area contributed by atoms with E-state index in [0.717, 1.165) is 86.7 Å². The number of carbonyl (C=O) groups is 4. The van der Waals surface area contributed by atoms with Gasteiger partial charge in [-0.05, 0) is 83.5 Å². The fourth-order valence-electron chi connectivity index (χ4n) is 8.22. The van der Waals surface area contributed by atoms with Gasteiger partial charge in [-0.25, -0.2) is 14.8 Å². The molecule has 4 aromatic carbocycles. The quantitative estimate of drug-likeness (QED) is 0.0764. The first-order chi connectivity index (χ1) is 30.0. The number of nitrogens with one attached hydrogen (secondary N) is 4. The monoisotopic (exact) mass is 838 g/mol. The number of carbonyl (C=O) groups excluding carboxylic acids is 4. The fourth-order valence-corrected chi connectivity index (χ4v) is 8.22. The van der Waals surface area contributed by atoms with Gasteiger partial charge in [0, 0.05) is 30.0 Å². The second-order valence-electron chi connectivity index (χ2n) is 16.6. The second kappa shape index (κ2) is 18.1. The summed E-state index contributed by atoms with van der Waals surface area (Å²) in [7, 11) is 1.28. The molecule has 3 heterocycles. The Labute approximate surface area is 360 Å². The molecule has 0 unspecified atom stereocenters. The number of fused-ring (bicyclic) bond motifs is 6. The molecular formula is C48H54N8O6. The summed E-state index contributed by atoms with van der Waals surface area (Å²) in [5, 5.41) is 7.66. The maximum Gasteiger partial charge on any atom is 0.407 e. The number of hydrogen-bond donors (Lipinski definition) is 4. The molecule has 0 bridgehead atoms. The number of aromatic amines is 2. The third-order valence-electron chi connectivity index (χ3n) is 11.6. The van der Waals surface area contributed by atoms with Gasteiger partial charge in [-0.2, -0.15) is 0 Å². The summed E-state index contributed by atoms with van der Waals surface area (Å²) in [6.45, 7) is 9.75. The largest absolute Gasteiger partial charge is 0.488 e. The standard InChI is InChI=1S/C48H54N8O6/c1-6-19-55(47(59)43(29-11-9-8-10-12-29)53-45(57)30-13-14-30)25-40-49-24-38(51-40)32-15-17-34-33(21-32)27-62-39-23-35-31(22-36(34)39)16-18-37-44(35)52-41(50-37)26-56(20-7-2)46(58)42(28(3)4)54-48(60)61-5/h8-12,15-18,21-24,28,30,42-43H,6-7,13-14,19-20,25-27H2,1-5H3,(H,49,51)(H,50,52)(H,53,57)(H,54,60)/t42-,43+/m0/s1. The van der Waals surface area contributed by atoms with Gasteiger partial charge in [0.2, 0.25) is 17.7 Å². The minimum atomic E-state index is -0.769. The summed E-state index contributed by atoms with van der Waals surface area (Å²) >= 11 is 0. The van der Waals surface area contributed by atoms with E-state index in [1.165, 1.54) is 7.11 Å². The molecule has 1 aliphatic carbocycles. The van der Waals surface area contributed by atoms with Crippen LogP contribution in [0.3, 0.4) is 0 Å². The van der Waals surface area contributed by atoms with Gasteiger partial charge in [0.05, 0.1) is 43.1 Å². The van der Waals surface area contributed by atoms with Crippen LogP contribution < -0.4 is 15.4 Å². The number of alkyl carbamates (subject to hydrolysis) is 1. The lowest BCUT2D eigenvalue weighted by Crippen LogP contribution is -2.51. The normalized spacial score (nSPS) is 14.1. The molecule has 1 aliphatic heterocycles. The van der Waals surface area contributed by atoms with E-state index in [1.54, 1.807) is 16.0 Å². The van der Waals surface area contributed by atoms with E-state index in [2.05, 4.69) is 55.9 Å². The van der Waals surface area contributed by atoms with Crippen LogP contribution in [0.5, 0.6) is 5.75 Å². The molecule has 1 fully saturated rings. The van der Waals surface area contributed by atoms with Crippen LogP contribution in [0.15, 0.2) is 79.0 Å². The van der Waals surface area contributed by atoms with Gasteiger partial charge < -0.3 is 39.9 Å². The molecule has 0 saturated heterocycles. The fraction of sp³-hybridized carbons (Fsp3) is 0.375. The Kier molecular flexibility index (Phi) is 12.3. The third-order valence-corrected chi connectivity index (χ3v) is 11.6. The third kappa shape index (κ3) is 8.86. The van der Waals surface area contributed by atoms with Gasteiger partial charge in [-0.3, -0.25) is 14.4 Å². The van der Waals surface area contributed by atoms with Crippen LogP contribution in [-0.4, -0.2) is 79.8 Å². The Bertz CT molecular complexity index is 2610. The Morgan fingerprint density at radius 3 is 2.31 bits per heavy atom. The van der Waals surface area contributed by atoms with Crippen LogP contribution in [0.25, 0.3) is 44.2 Å². The van der Waals surface area contributed by atoms with Crippen LogP contribution in [-0.2, 0) is 38.8 Å². The highest BCUT2D eigenvalue weighted by Gasteiger charge is 2.35. The van der Waals surface area contributed by atoms with Crippen molar-refractivity contribution in [2.45, 2.75) is 85.2 Å². The van der Waals surface area contributed by atoms with Gasteiger partial charge in [0.25, 0.3) is 0 Å². The summed E-state index contributed by atoms with van der Waals surface area (Å²) < 4.78 is 11.2. The maximum atomic E-state index is 14.1. The molecule has 2 aromatic heterocycles. The van der Waals surface area contributed by atoms with Crippen LogP contribution >= 0.6 is 0 Å². The zero-order valence-corrected chi connectivity index (χ0v) is 35.9. The zero-order valence-electron chi connectivity index (χ0n) is 35.9. The lowest BCUT2D eigenvalue weighted by atomic mass is 9.92. The highest BCUT2D eigenvalue weighted by atomic mass is 16.5. The molecule has 8 rings (SSSR count). The number of hydrogen-bond acceptors (Lipinski definition) is 8. The first-order valence-corrected chi connectivity index (χ1v) is 21.6. The predicted molar refractivity (Wildman–Crippen MR) is 237 cm³/mol. The number of amides is 4. The average molecular weight is 839 g/mol. The van der Waals surface area contributed by atoms with Crippen LogP contribution in [0.4, 0.5) is 4.79 Å². The molecule has 2 aliphatic rings. The molecule has 0 radical (unpaired) electrons. The molecule has 322 valence electrons. The van der Waals surface area contributed by atoms with Crippen molar-refractivity contribution in [3.05, 3.63) is 102 Å². The molecule has 14 nitrogen and oxygen atoms in total. The number of H-pyrrole nitrogens is 2. The average Bonchev–Trinajstić information content (AvgIpc) is 3.90. The lowest BCUT2D eigenvalue weighted by Gasteiger charge is -2.28. The summed E-state index contributed by atoms with van der Waals surface area (Å²) in [5.74, 6) is 1.48. The summed E-state index contributed by atoms with van der Waals surface area (Å²) in [5.41, 5.74) is 7.27. The van der Waals surface area contributed by atoms with Crippen molar-refractivity contribution in [3.8, 4) is 28.1 Å². The van der Waals surface area contributed by atoms with Crippen LogP contribution in [0, 0.1) is 11.8 Å². The Morgan fingerprint density at radius 1 is 0.855 bits per heavy atom. The van der Waals surface area contributed by atoms with Gasteiger partial charge in [0.15, 0.2) is 0 Å². The first-order valence-electron chi connectivity index (χ1n) is 21.6. The SMILES string of the molecule is CCCN(Cc1nc2c(ccc3cc4c(cc32)OCc2cc(-c3cnc(CN(CCC)C(=O)[C@H](NC(=O)C5CC5)c5ccccc5)[nH]3)ccc2-4)[nH]1)C(=O)[C@@H](NC(=O)OC)C(C)C. The Morgan fingerprint density at radius 2 is 1.60 bits per heavy atom. The van der Waals surface area contributed by atoms with Gasteiger partial charge in [-0.15, -0.1) is 0 Å². The number of aromatic nitrogens is 4. The van der Waals surface area contributed by atoms with Crippen LogP contribution in [0.1, 0.15) is 82.2 Å². The van der Waals surface area contributed by atoms with Crippen LogP contribution in [0.2, 0.25) is 0 Å². The van der Waals surface area contributed by atoms with E-state index < -0.39 is 18.2 Å². The molecule has 62 heavy (non-hydrogen) atoms. The highest BCUT2D eigenvalue weighted by molar-refractivity contribution is 6.07. The van der Waals surface area contributed by atoms with E-state index in [0.29, 0.717) is 31.3 Å². The molecule has 6 aromatic rings. The number of benzene rings is 4. The second-order valence-corrected chi connectivity index (χ2v) is 16.6. The van der Waals surface area contributed by atoms with Crippen molar-refractivity contribution >= 4 is 45.6 Å². The Balaban J connectivity index is 1.00. The minimum absolute atomic E-state index is 0.0185. The molecular weight excluding hydrogens is 785 g/mol. The van der Waals surface area contributed by atoms with E-state index in [9.17, 15) is 19.2 Å². The summed E-state index contributed by atoms with van der Waals surface area (Å²) in [4.78, 5) is 72.7. The number of ether oxygens (including phenoxy) is 2. The summed E-state index contributed by atoms with van der Waals surface area (Å²) in [6.07, 6.45) is 4.36. The molecule has 4 N–H and O–H groups in total. The molecule has 0 spiro atoms. The minimum Gasteiger partial charge on any atom is -0.488 e. The van der Waals surface area contributed by atoms with Gasteiger partial charge >= 0.3 is 6.09 Å².